The number of benzene rings is 1. The van der Waals surface area contributed by atoms with Crippen LogP contribution in [-0.2, 0) is 15.7 Å². The van der Waals surface area contributed by atoms with Gasteiger partial charge in [-0.25, -0.2) is 4.79 Å². The topological polar surface area (TPSA) is 35.5 Å². The van der Waals surface area contributed by atoms with Crippen LogP contribution >= 0.6 is 0 Å². The summed E-state index contributed by atoms with van der Waals surface area (Å²) in [6, 6.07) is 4.31. The van der Waals surface area contributed by atoms with Crippen LogP contribution < -0.4 is 4.74 Å². The molecule has 0 fully saturated rings. The Balaban J connectivity index is 2.83. The average Bonchev–Trinajstić information content (AvgIpc) is 2.27. The Hall–Kier alpha value is -1.72. The van der Waals surface area contributed by atoms with Crippen molar-refractivity contribution in [2.45, 2.75) is 19.2 Å². The van der Waals surface area contributed by atoms with Gasteiger partial charge >= 0.3 is 12.1 Å². The van der Waals surface area contributed by atoms with E-state index < -0.39 is 23.8 Å². The van der Waals surface area contributed by atoms with Gasteiger partial charge in [-0.3, -0.25) is 0 Å². The number of halogens is 3. The fourth-order valence-corrected chi connectivity index (χ4v) is 1.16. The molecule has 0 spiro atoms. The fraction of sp³-hybridized carbons (Fsp3) is 0.364. The summed E-state index contributed by atoms with van der Waals surface area (Å²) in [6.45, 7) is 1.39. The van der Waals surface area contributed by atoms with Crippen molar-refractivity contribution in [3.05, 3.63) is 29.8 Å². The molecule has 0 heterocycles. The molecule has 1 rings (SSSR count). The van der Waals surface area contributed by atoms with Crippen LogP contribution in [0, 0.1) is 0 Å². The first-order valence-corrected chi connectivity index (χ1v) is 4.76. The van der Waals surface area contributed by atoms with Gasteiger partial charge in [0, 0.05) is 0 Å². The molecule has 0 amide bonds. The predicted octanol–water partition coefficient (Wildman–Crippen LogP) is 2.65. The number of carbonyl (C=O) groups excluding carboxylic acids is 1. The molecule has 0 radical (unpaired) electrons. The van der Waals surface area contributed by atoms with E-state index in [-0.39, 0.29) is 5.75 Å². The zero-order valence-corrected chi connectivity index (χ0v) is 9.25. The molecule has 0 aliphatic carbocycles. The van der Waals surface area contributed by atoms with Gasteiger partial charge in [-0.2, -0.15) is 13.2 Å². The minimum absolute atomic E-state index is 0.0299. The molecule has 1 aromatic rings. The van der Waals surface area contributed by atoms with Crippen molar-refractivity contribution in [1.82, 2.24) is 0 Å². The van der Waals surface area contributed by atoms with E-state index in [4.69, 9.17) is 4.74 Å². The summed E-state index contributed by atoms with van der Waals surface area (Å²) in [5.74, 6) is -0.680. The second kappa shape index (κ2) is 5.07. The molecular formula is C11H11F3O3. The number of hydrogen-bond acceptors (Lipinski definition) is 3. The Morgan fingerprint density at radius 3 is 2.53 bits per heavy atom. The average molecular weight is 248 g/mol. The van der Waals surface area contributed by atoms with Crippen LogP contribution in [0.5, 0.6) is 5.75 Å². The summed E-state index contributed by atoms with van der Waals surface area (Å²) >= 11 is 0. The lowest BCUT2D eigenvalue weighted by Crippen LogP contribution is -2.25. The Kier molecular flexibility index (Phi) is 3.98. The molecule has 0 saturated heterocycles. The summed E-state index contributed by atoms with van der Waals surface area (Å²) in [5, 5.41) is 0. The van der Waals surface area contributed by atoms with E-state index in [0.29, 0.717) is 0 Å². The minimum atomic E-state index is -4.44. The van der Waals surface area contributed by atoms with Gasteiger partial charge in [0.1, 0.15) is 5.75 Å². The molecule has 0 aliphatic heterocycles. The zero-order chi connectivity index (χ0) is 13.1. The van der Waals surface area contributed by atoms with E-state index in [9.17, 15) is 18.0 Å². The summed E-state index contributed by atoms with van der Waals surface area (Å²) < 4.78 is 46.6. The van der Waals surface area contributed by atoms with E-state index in [1.807, 2.05) is 0 Å². The third-order valence-electron chi connectivity index (χ3n) is 2.01. The van der Waals surface area contributed by atoms with Crippen LogP contribution in [0.25, 0.3) is 0 Å². The molecule has 0 saturated carbocycles. The number of alkyl halides is 3. The number of ether oxygens (including phenoxy) is 2. The molecule has 0 aromatic heterocycles. The third-order valence-corrected chi connectivity index (χ3v) is 2.01. The van der Waals surface area contributed by atoms with Gasteiger partial charge in [-0.15, -0.1) is 0 Å². The van der Waals surface area contributed by atoms with E-state index in [0.717, 1.165) is 12.1 Å². The van der Waals surface area contributed by atoms with Crippen LogP contribution in [0.2, 0.25) is 0 Å². The molecule has 3 nitrogen and oxygen atoms in total. The lowest BCUT2D eigenvalue weighted by atomic mass is 10.2. The third kappa shape index (κ3) is 3.65. The zero-order valence-electron chi connectivity index (χ0n) is 9.25. The predicted molar refractivity (Wildman–Crippen MR) is 53.6 cm³/mol. The van der Waals surface area contributed by atoms with Crippen molar-refractivity contribution in [3.63, 3.8) is 0 Å². The van der Waals surface area contributed by atoms with E-state index in [2.05, 4.69) is 4.74 Å². The maximum atomic E-state index is 12.4. The van der Waals surface area contributed by atoms with Gasteiger partial charge in [0.15, 0.2) is 6.10 Å². The largest absolute Gasteiger partial charge is 0.479 e. The molecule has 0 N–H and O–H groups in total. The van der Waals surface area contributed by atoms with E-state index in [1.165, 1.54) is 26.2 Å². The van der Waals surface area contributed by atoms with Gasteiger partial charge in [0.2, 0.25) is 0 Å². The first kappa shape index (κ1) is 13.3. The molecule has 94 valence electrons. The molecule has 1 aromatic carbocycles. The highest BCUT2D eigenvalue weighted by Gasteiger charge is 2.30. The summed E-state index contributed by atoms with van der Waals surface area (Å²) in [6.07, 6.45) is -5.39. The van der Waals surface area contributed by atoms with Gasteiger partial charge in [0.25, 0.3) is 0 Å². The molecule has 17 heavy (non-hydrogen) atoms. The lowest BCUT2D eigenvalue weighted by Gasteiger charge is -2.14. The highest BCUT2D eigenvalue weighted by atomic mass is 19.4. The van der Waals surface area contributed by atoms with Crippen molar-refractivity contribution in [2.75, 3.05) is 7.11 Å². The fourth-order valence-electron chi connectivity index (χ4n) is 1.16. The SMILES string of the molecule is COC(=O)C(C)Oc1cccc(C(F)(F)F)c1. The van der Waals surface area contributed by atoms with Crippen LogP contribution in [0.3, 0.4) is 0 Å². The number of methoxy groups -OCH3 is 1. The quantitative estimate of drug-likeness (QED) is 0.771. The van der Waals surface area contributed by atoms with Crippen LogP contribution in [0.1, 0.15) is 12.5 Å². The second-order valence-electron chi connectivity index (χ2n) is 3.31. The van der Waals surface area contributed by atoms with Crippen LogP contribution in [-0.4, -0.2) is 19.2 Å². The van der Waals surface area contributed by atoms with Crippen LogP contribution in [0.4, 0.5) is 13.2 Å². The van der Waals surface area contributed by atoms with Gasteiger partial charge in [-0.1, -0.05) is 6.07 Å². The number of hydrogen-bond donors (Lipinski definition) is 0. The molecule has 1 atom stereocenters. The Morgan fingerprint density at radius 2 is 2.00 bits per heavy atom. The summed E-state index contributed by atoms with van der Waals surface area (Å²) in [5.41, 5.74) is -0.827. The van der Waals surface area contributed by atoms with Crippen molar-refractivity contribution >= 4 is 5.97 Å². The minimum Gasteiger partial charge on any atom is -0.479 e. The standard InChI is InChI=1S/C11H11F3O3/c1-7(10(15)16-2)17-9-5-3-4-8(6-9)11(12,13)14/h3-7H,1-2H3. The van der Waals surface area contributed by atoms with E-state index >= 15 is 0 Å². The number of carbonyl (C=O) groups is 1. The molecule has 1 unspecified atom stereocenters. The van der Waals surface area contributed by atoms with Crippen LogP contribution in [0.15, 0.2) is 24.3 Å². The highest BCUT2D eigenvalue weighted by Crippen LogP contribution is 2.31. The highest BCUT2D eigenvalue weighted by molar-refractivity contribution is 5.74. The van der Waals surface area contributed by atoms with Gasteiger partial charge < -0.3 is 9.47 Å². The maximum Gasteiger partial charge on any atom is 0.416 e. The van der Waals surface area contributed by atoms with Gasteiger partial charge in [0.05, 0.1) is 12.7 Å². The second-order valence-corrected chi connectivity index (χ2v) is 3.31. The number of esters is 1. The molecule has 6 heteroatoms. The normalized spacial score (nSPS) is 13.0. The van der Waals surface area contributed by atoms with Crippen molar-refractivity contribution < 1.29 is 27.4 Å². The first-order chi connectivity index (χ1) is 7.84. The lowest BCUT2D eigenvalue weighted by molar-refractivity contribution is -0.147. The maximum absolute atomic E-state index is 12.4. The van der Waals surface area contributed by atoms with Crippen molar-refractivity contribution in [2.24, 2.45) is 0 Å². The molecular weight excluding hydrogens is 237 g/mol. The van der Waals surface area contributed by atoms with E-state index in [1.54, 1.807) is 0 Å². The Morgan fingerprint density at radius 1 is 1.35 bits per heavy atom. The number of rotatable bonds is 3. The van der Waals surface area contributed by atoms with Crippen molar-refractivity contribution in [1.29, 1.82) is 0 Å². The molecule has 0 bridgehead atoms. The van der Waals surface area contributed by atoms with Gasteiger partial charge in [-0.05, 0) is 25.1 Å². The molecule has 0 aliphatic rings. The van der Waals surface area contributed by atoms with Crippen molar-refractivity contribution in [3.8, 4) is 5.75 Å². The smallest absolute Gasteiger partial charge is 0.416 e. The Labute approximate surface area is 96.1 Å². The Bertz CT molecular complexity index is 401. The first-order valence-electron chi connectivity index (χ1n) is 4.76. The summed E-state index contributed by atoms with van der Waals surface area (Å²) in [7, 11) is 1.17. The summed E-state index contributed by atoms with van der Waals surface area (Å²) in [4.78, 5) is 11.0. The monoisotopic (exact) mass is 248 g/mol.